The Morgan fingerprint density at radius 1 is 1.12 bits per heavy atom. The van der Waals surface area contributed by atoms with E-state index in [2.05, 4.69) is 19.2 Å². The Morgan fingerprint density at radius 2 is 1.71 bits per heavy atom. The van der Waals surface area contributed by atoms with Gasteiger partial charge in [-0.1, -0.05) is 13.8 Å². The molecule has 1 N–H and O–H groups in total. The predicted octanol–water partition coefficient (Wildman–Crippen LogP) is 1.69. The third-order valence-corrected chi connectivity index (χ3v) is 4.09. The minimum Gasteiger partial charge on any atom is -0.497 e. The molecule has 1 heterocycles. The summed E-state index contributed by atoms with van der Waals surface area (Å²) in [7, 11) is 1.59. The van der Waals surface area contributed by atoms with Crippen molar-refractivity contribution < 1.29 is 19.1 Å². The summed E-state index contributed by atoms with van der Waals surface area (Å²) in [6, 6.07) is 6.98. The Balaban J connectivity index is 1.71. The van der Waals surface area contributed by atoms with E-state index in [0.717, 1.165) is 25.3 Å². The lowest BCUT2D eigenvalue weighted by Gasteiger charge is -2.35. The first kappa shape index (κ1) is 18.1. The zero-order valence-corrected chi connectivity index (χ0v) is 14.6. The lowest BCUT2D eigenvalue weighted by molar-refractivity contribution is -0.135. The predicted molar refractivity (Wildman–Crippen MR) is 91.0 cm³/mol. The van der Waals surface area contributed by atoms with Crippen LogP contribution in [0.3, 0.4) is 0 Å². The van der Waals surface area contributed by atoms with Gasteiger partial charge < -0.3 is 19.7 Å². The van der Waals surface area contributed by atoms with E-state index in [9.17, 15) is 9.59 Å². The molecule has 1 aliphatic heterocycles. The normalized spacial score (nSPS) is 20.4. The summed E-state index contributed by atoms with van der Waals surface area (Å²) in [6.45, 7) is 5.73. The van der Waals surface area contributed by atoms with Gasteiger partial charge in [-0.05, 0) is 42.5 Å². The van der Waals surface area contributed by atoms with Crippen LogP contribution in [-0.4, -0.2) is 50.1 Å². The standard InChI is InChI=1S/C18H26N2O4/c1-13-8-14(2)11-20(10-13)18(22)9-19-17(21)12-24-16-6-4-15(23-3)5-7-16/h4-7,13-14H,8-12H2,1-3H3,(H,19,21). The number of rotatable bonds is 6. The highest BCUT2D eigenvalue weighted by molar-refractivity contribution is 5.85. The number of benzene rings is 1. The first-order valence-corrected chi connectivity index (χ1v) is 8.29. The second kappa shape index (κ2) is 8.57. The topological polar surface area (TPSA) is 67.9 Å². The number of nitrogens with one attached hydrogen (secondary N) is 1. The van der Waals surface area contributed by atoms with Gasteiger partial charge in [-0.25, -0.2) is 0 Å². The molecule has 2 rings (SSSR count). The molecule has 0 bridgehead atoms. The molecular weight excluding hydrogens is 308 g/mol. The van der Waals surface area contributed by atoms with Crippen LogP contribution in [0.5, 0.6) is 11.5 Å². The SMILES string of the molecule is COc1ccc(OCC(=O)NCC(=O)N2CC(C)CC(C)C2)cc1. The quantitative estimate of drug-likeness (QED) is 0.860. The molecule has 0 aromatic heterocycles. The summed E-state index contributed by atoms with van der Waals surface area (Å²) in [5, 5.41) is 2.62. The number of likely N-dealkylation sites (tertiary alicyclic amines) is 1. The maximum absolute atomic E-state index is 12.2. The number of carbonyl (C=O) groups excluding carboxylic acids is 2. The first-order valence-electron chi connectivity index (χ1n) is 8.29. The van der Waals surface area contributed by atoms with E-state index in [1.807, 2.05) is 4.90 Å². The van der Waals surface area contributed by atoms with Crippen LogP contribution in [0.4, 0.5) is 0 Å². The molecule has 0 spiro atoms. The molecule has 132 valence electrons. The molecule has 6 nitrogen and oxygen atoms in total. The molecule has 0 radical (unpaired) electrons. The molecule has 24 heavy (non-hydrogen) atoms. The van der Waals surface area contributed by atoms with E-state index >= 15 is 0 Å². The van der Waals surface area contributed by atoms with Gasteiger partial charge in [0.2, 0.25) is 5.91 Å². The average Bonchev–Trinajstić information content (AvgIpc) is 2.57. The highest BCUT2D eigenvalue weighted by atomic mass is 16.5. The molecule has 1 aromatic carbocycles. The number of hydrogen-bond acceptors (Lipinski definition) is 4. The smallest absolute Gasteiger partial charge is 0.258 e. The van der Waals surface area contributed by atoms with Crippen molar-refractivity contribution in [3.05, 3.63) is 24.3 Å². The van der Waals surface area contributed by atoms with Gasteiger partial charge in [0.1, 0.15) is 11.5 Å². The molecular formula is C18H26N2O4. The Bertz CT molecular complexity index is 549. The van der Waals surface area contributed by atoms with E-state index in [0.29, 0.717) is 17.6 Å². The number of ether oxygens (including phenoxy) is 2. The van der Waals surface area contributed by atoms with Gasteiger partial charge in [0.25, 0.3) is 5.91 Å². The third-order valence-electron chi connectivity index (χ3n) is 4.09. The van der Waals surface area contributed by atoms with Crippen LogP contribution in [0, 0.1) is 11.8 Å². The second-order valence-corrected chi connectivity index (χ2v) is 6.49. The number of amides is 2. The number of hydrogen-bond donors (Lipinski definition) is 1. The fourth-order valence-corrected chi connectivity index (χ4v) is 3.02. The number of carbonyl (C=O) groups is 2. The Morgan fingerprint density at radius 3 is 2.29 bits per heavy atom. The summed E-state index contributed by atoms with van der Waals surface area (Å²) in [6.07, 6.45) is 1.14. The van der Waals surface area contributed by atoms with Crippen molar-refractivity contribution in [2.24, 2.45) is 11.8 Å². The van der Waals surface area contributed by atoms with E-state index in [-0.39, 0.29) is 25.0 Å². The minimum absolute atomic E-state index is 0.0181. The highest BCUT2D eigenvalue weighted by Gasteiger charge is 2.25. The molecule has 0 saturated carbocycles. The molecule has 1 aromatic rings. The summed E-state index contributed by atoms with van der Waals surface area (Å²) >= 11 is 0. The zero-order valence-electron chi connectivity index (χ0n) is 14.6. The van der Waals surface area contributed by atoms with Gasteiger partial charge in [0.05, 0.1) is 13.7 Å². The van der Waals surface area contributed by atoms with Crippen LogP contribution in [0.1, 0.15) is 20.3 Å². The fourth-order valence-electron chi connectivity index (χ4n) is 3.02. The van der Waals surface area contributed by atoms with Crippen LogP contribution in [0.25, 0.3) is 0 Å². The summed E-state index contributed by atoms with van der Waals surface area (Å²) < 4.78 is 10.4. The second-order valence-electron chi connectivity index (χ2n) is 6.49. The van der Waals surface area contributed by atoms with Crippen LogP contribution >= 0.6 is 0 Å². The van der Waals surface area contributed by atoms with Crippen molar-refractivity contribution in [1.82, 2.24) is 10.2 Å². The number of piperidine rings is 1. The Kier molecular flexibility index (Phi) is 6.46. The molecule has 1 aliphatic rings. The van der Waals surface area contributed by atoms with Crippen molar-refractivity contribution >= 4 is 11.8 Å². The molecule has 1 fully saturated rings. The van der Waals surface area contributed by atoms with E-state index < -0.39 is 0 Å². The molecule has 1 saturated heterocycles. The van der Waals surface area contributed by atoms with Crippen LogP contribution < -0.4 is 14.8 Å². The van der Waals surface area contributed by atoms with E-state index in [1.165, 1.54) is 0 Å². The van der Waals surface area contributed by atoms with Crippen molar-refractivity contribution in [1.29, 1.82) is 0 Å². The van der Waals surface area contributed by atoms with Crippen LogP contribution in [0.2, 0.25) is 0 Å². The van der Waals surface area contributed by atoms with Gasteiger partial charge >= 0.3 is 0 Å². The molecule has 6 heteroatoms. The third kappa shape index (κ3) is 5.44. The fraction of sp³-hybridized carbons (Fsp3) is 0.556. The molecule has 2 unspecified atom stereocenters. The van der Waals surface area contributed by atoms with Crippen LogP contribution in [-0.2, 0) is 9.59 Å². The van der Waals surface area contributed by atoms with Gasteiger partial charge in [-0.3, -0.25) is 9.59 Å². The largest absolute Gasteiger partial charge is 0.497 e. The van der Waals surface area contributed by atoms with Crippen molar-refractivity contribution in [2.45, 2.75) is 20.3 Å². The summed E-state index contributed by atoms with van der Waals surface area (Å²) in [5.74, 6) is 1.97. The minimum atomic E-state index is -0.308. The Hall–Kier alpha value is -2.24. The van der Waals surface area contributed by atoms with Gasteiger partial charge in [0.15, 0.2) is 6.61 Å². The molecule has 0 aliphatic carbocycles. The van der Waals surface area contributed by atoms with Gasteiger partial charge in [0, 0.05) is 13.1 Å². The number of methoxy groups -OCH3 is 1. The van der Waals surface area contributed by atoms with Crippen molar-refractivity contribution in [3.63, 3.8) is 0 Å². The van der Waals surface area contributed by atoms with Crippen molar-refractivity contribution in [2.75, 3.05) is 33.4 Å². The monoisotopic (exact) mass is 334 g/mol. The lowest BCUT2D eigenvalue weighted by atomic mass is 9.92. The molecule has 2 amide bonds. The Labute approximate surface area is 143 Å². The summed E-state index contributed by atoms with van der Waals surface area (Å²) in [5.41, 5.74) is 0. The first-order chi connectivity index (χ1) is 11.5. The zero-order chi connectivity index (χ0) is 17.5. The maximum Gasteiger partial charge on any atom is 0.258 e. The lowest BCUT2D eigenvalue weighted by Crippen LogP contribution is -2.47. The average molecular weight is 334 g/mol. The maximum atomic E-state index is 12.2. The molecule has 2 atom stereocenters. The van der Waals surface area contributed by atoms with Crippen LogP contribution in [0.15, 0.2) is 24.3 Å². The van der Waals surface area contributed by atoms with E-state index in [4.69, 9.17) is 9.47 Å². The summed E-state index contributed by atoms with van der Waals surface area (Å²) in [4.78, 5) is 25.9. The van der Waals surface area contributed by atoms with Gasteiger partial charge in [-0.15, -0.1) is 0 Å². The highest BCUT2D eigenvalue weighted by Crippen LogP contribution is 2.20. The number of nitrogens with zero attached hydrogens (tertiary/aromatic N) is 1. The van der Waals surface area contributed by atoms with Gasteiger partial charge in [-0.2, -0.15) is 0 Å². The van der Waals surface area contributed by atoms with Crippen molar-refractivity contribution in [3.8, 4) is 11.5 Å². The van der Waals surface area contributed by atoms with E-state index in [1.54, 1.807) is 31.4 Å².